The number of carbonyl (C=O) groups is 3. The van der Waals surface area contributed by atoms with Gasteiger partial charge < -0.3 is 41.5 Å². The number of nitrogens with one attached hydrogen (secondary N) is 11. The van der Waals surface area contributed by atoms with Crippen LogP contribution < -0.4 is 31.3 Å². The molecule has 700 valence electrons. The molecule has 15 aromatic rings. The number of nitrogens with zero attached hydrogens (tertiary/aromatic N) is 17. The molecule has 7 aliphatic rings. The van der Waals surface area contributed by atoms with Gasteiger partial charge in [-0.15, -0.1) is 34.0 Å². The van der Waals surface area contributed by atoms with E-state index in [1.807, 2.05) is 72.8 Å². The van der Waals surface area contributed by atoms with Crippen molar-refractivity contribution in [1.82, 2.24) is 116 Å². The van der Waals surface area contributed by atoms with E-state index in [0.29, 0.717) is 149 Å². The van der Waals surface area contributed by atoms with Crippen LogP contribution in [0.4, 0.5) is 58.2 Å². The Morgan fingerprint density at radius 3 is 1.41 bits per heavy atom. The third-order valence-electron chi connectivity index (χ3n) is 22.4. The Balaban J connectivity index is 0.000000146. The summed E-state index contributed by atoms with van der Waals surface area (Å²) in [5, 5.41) is 74.6. The Hall–Kier alpha value is -12.9. The van der Waals surface area contributed by atoms with Gasteiger partial charge >= 0.3 is 5.97 Å². The van der Waals surface area contributed by atoms with Gasteiger partial charge in [-0.05, 0) is 161 Å². The second kappa shape index (κ2) is 40.1. The number of Topliss-reactive ketones (excluding diaryl/α,β-unsaturated/α-hetero) is 2. The highest BCUT2D eigenvalue weighted by Crippen LogP contribution is 2.46. The van der Waals surface area contributed by atoms with E-state index in [1.54, 1.807) is 95.9 Å². The van der Waals surface area contributed by atoms with E-state index in [1.165, 1.54) is 92.4 Å². The van der Waals surface area contributed by atoms with Crippen molar-refractivity contribution < 1.29 is 44.9 Å². The molecule has 0 amide bonds. The van der Waals surface area contributed by atoms with Gasteiger partial charge in [0.25, 0.3) is 10.0 Å². The molecule has 13 aromatic heterocycles. The lowest BCUT2D eigenvalue weighted by Gasteiger charge is -2.19. The number of fused-ring (bicyclic) bond motifs is 2. The summed E-state index contributed by atoms with van der Waals surface area (Å²) in [5.41, 5.74) is 11.0. The fourth-order valence-corrected chi connectivity index (χ4v) is 19.7. The van der Waals surface area contributed by atoms with Crippen molar-refractivity contribution in [2.45, 2.75) is 202 Å². The minimum atomic E-state index is -3.66. The largest absolute Gasteiger partial charge is 0.466 e. The van der Waals surface area contributed by atoms with Crippen LogP contribution in [0, 0.1) is 0 Å². The predicted octanol–water partition coefficient (Wildman–Crippen LogP) is 20.3. The van der Waals surface area contributed by atoms with Gasteiger partial charge in [0.1, 0.15) is 31.7 Å². The number of ether oxygens (including phenoxy) is 1. The van der Waals surface area contributed by atoms with E-state index in [-0.39, 0.29) is 35.5 Å². The number of esters is 1. The summed E-state index contributed by atoms with van der Waals surface area (Å²) in [6.45, 7) is 10.2. The Kier molecular flexibility index (Phi) is 27.4. The highest BCUT2D eigenvalue weighted by molar-refractivity contribution is 7.91. The van der Waals surface area contributed by atoms with E-state index in [2.05, 4.69) is 142 Å². The SMILES string of the molecule is CC(=O)OCCc1cnc(-c2ccc(S(=O)(=O)NC(C)(C)C)s2)nc1Nc1cc(C2CC2)[nH]n1.CC(=O)c1ccc(-c2nccc(Nc3cc(C4CC4)[nH]n3)n2)cc1.CC(O)c1ccc(-c2nccc(Nc3cc(C4CC4)[nH]n3)n2)cc1.O=C1CCCc2nc(-c3ncc(Cl)c(Nc4cc(C5CC5)[nH]n4)n3)sc21.OC1CCCc2nc(-c3ncc(Cl)c(Nc4cc(C5CC5)[nH]n4)n3)sc21.[HH].[HH].[HH].[HH].[HH]. The zero-order valence-corrected chi connectivity index (χ0v) is 78.6. The molecule has 7 aliphatic carbocycles. The first-order valence-corrected chi connectivity index (χ1v) is 49.0. The number of ketones is 2. The highest BCUT2D eigenvalue weighted by Gasteiger charge is 2.33. The van der Waals surface area contributed by atoms with Crippen LogP contribution >= 0.6 is 57.2 Å². The summed E-state index contributed by atoms with van der Waals surface area (Å²) in [7, 11) is -3.66. The molecule has 13 heterocycles. The number of aromatic nitrogens is 22. The average molecular weight is 1930 g/mol. The van der Waals surface area contributed by atoms with E-state index >= 15 is 0 Å². The molecular formula is C92H106Cl2N28O8S4. The molecular weight excluding hydrogens is 1820 g/mol. The van der Waals surface area contributed by atoms with Crippen molar-refractivity contribution in [1.29, 1.82) is 0 Å². The quantitative estimate of drug-likeness (QED) is 0.0168. The van der Waals surface area contributed by atoms with Gasteiger partial charge in [-0.3, -0.25) is 39.9 Å². The summed E-state index contributed by atoms with van der Waals surface area (Å²) in [6.07, 6.45) is 24.7. The minimum absolute atomic E-state index is 0. The number of benzene rings is 2. The smallest absolute Gasteiger partial charge is 0.302 e. The fourth-order valence-electron chi connectivity index (χ4n) is 14.7. The number of aliphatic hydroxyl groups is 2. The number of rotatable bonds is 27. The number of hydrogen-bond donors (Lipinski definition) is 13. The first-order valence-electron chi connectivity index (χ1n) is 44.3. The molecule has 5 saturated carbocycles. The summed E-state index contributed by atoms with van der Waals surface area (Å²) in [6, 6.07) is 31.8. The lowest BCUT2D eigenvalue weighted by molar-refractivity contribution is -0.140. The molecule has 2 atom stereocenters. The van der Waals surface area contributed by atoms with E-state index in [9.17, 15) is 33.0 Å². The summed E-state index contributed by atoms with van der Waals surface area (Å²) < 4.78 is 33.3. The van der Waals surface area contributed by atoms with Gasteiger partial charge in [-0.1, -0.05) is 71.7 Å². The number of aromatic amines is 5. The zero-order chi connectivity index (χ0) is 92.9. The molecule has 13 N–H and O–H groups in total. The van der Waals surface area contributed by atoms with Crippen LogP contribution in [-0.2, 0) is 38.8 Å². The van der Waals surface area contributed by atoms with Crippen LogP contribution in [0.15, 0.2) is 138 Å². The zero-order valence-electron chi connectivity index (χ0n) is 73.8. The number of sulfonamides is 1. The molecule has 0 bridgehead atoms. The number of thiazole rings is 2. The maximum absolute atomic E-state index is 12.7. The predicted molar refractivity (Wildman–Crippen MR) is 523 cm³/mol. The van der Waals surface area contributed by atoms with Gasteiger partial charge in [0.15, 0.2) is 91.4 Å². The minimum Gasteiger partial charge on any atom is -0.466 e. The third kappa shape index (κ3) is 23.6. The Morgan fingerprint density at radius 1 is 0.507 bits per heavy atom. The molecule has 0 spiro atoms. The standard InChI is InChI=1S/C22H28N6O4S2.C18H19N5O.C18H17N5O.C17H17ClN6OS.C17H15ClN6OS.5H2/c1-13(29)32-10-9-15-12-23-21(17-7-8-19(33-17)34(30,31)28-22(2,3)4)25-20(15)24-18-11-16(26-27-18)14-5-6-14;2*1-11(24)12-2-6-14(7-3-12)18-19-9-8-16(21-18)20-17-10-15(22-23-17)13-4-5-13;2*18-9-7-19-16(17-20-10-2-1-3-12(25)14(10)26-17)22-15(9)21-13-6-11(23-24-13)8-4-5-8;;;;;/h7-8,11-12,14,28H,5-6,9-10H2,1-4H3,(H2,23,24,25,26,27);2-3,6-11,13,24H,4-5H2,1H3,(H2,19,20,21,22,23);2-3,6-10,13H,4-5H2,1H3,(H2,19,20,21,22,23);6-8,12,25H,1-5H2,(H2,19,21,22,23,24);6-8H,1-5H2,(H2,19,21,22,23,24);5*1H. The number of aliphatic hydroxyl groups excluding tert-OH is 2. The first kappa shape index (κ1) is 91.6. The van der Waals surface area contributed by atoms with E-state index in [0.717, 1.165) is 128 Å². The molecule has 5 fully saturated rings. The third-order valence-corrected chi connectivity index (χ3v) is 28.7. The average Bonchev–Trinajstić information content (AvgIpc) is 1.64. The second-order valence-corrected chi connectivity index (χ2v) is 40.6. The Bertz CT molecular complexity index is 6890. The van der Waals surface area contributed by atoms with Crippen LogP contribution in [0.1, 0.15) is 256 Å². The Labute approximate surface area is 799 Å². The fraction of sp³-hybridized carbons (Fsp3) is 0.348. The second-order valence-electron chi connectivity index (χ2n) is 34.7. The van der Waals surface area contributed by atoms with Crippen molar-refractivity contribution in [2.24, 2.45) is 0 Å². The van der Waals surface area contributed by atoms with Crippen LogP contribution in [0.5, 0.6) is 0 Å². The van der Waals surface area contributed by atoms with E-state index in [4.69, 9.17) is 27.9 Å². The molecule has 42 heteroatoms. The monoisotopic (exact) mass is 1930 g/mol. The Morgan fingerprint density at radius 2 is 0.955 bits per heavy atom. The number of H-pyrrole nitrogens is 5. The molecule has 22 rings (SSSR count). The number of carbonyl (C=O) groups excluding carboxylic acids is 3. The summed E-state index contributed by atoms with van der Waals surface area (Å²) in [5.74, 6) is 11.8. The first-order chi connectivity index (χ1) is 64.7. The normalized spacial score (nSPS) is 15.8. The molecule has 134 heavy (non-hydrogen) atoms. The molecule has 0 saturated heterocycles. The number of anilines is 10. The van der Waals surface area contributed by atoms with Gasteiger partial charge in [0.2, 0.25) is 0 Å². The number of aryl methyl sites for hydroxylation is 2. The van der Waals surface area contributed by atoms with Crippen molar-refractivity contribution in [3.05, 3.63) is 210 Å². The van der Waals surface area contributed by atoms with Crippen LogP contribution in [0.2, 0.25) is 10.0 Å². The number of thiophene rings is 1. The summed E-state index contributed by atoms with van der Waals surface area (Å²) >= 11 is 16.4. The number of hydrogen-bond acceptors (Lipinski definition) is 33. The molecule has 0 aliphatic heterocycles. The van der Waals surface area contributed by atoms with Crippen LogP contribution in [0.3, 0.4) is 0 Å². The van der Waals surface area contributed by atoms with Gasteiger partial charge in [0.05, 0.1) is 57.2 Å². The molecule has 2 aromatic carbocycles. The van der Waals surface area contributed by atoms with Crippen LogP contribution in [0.25, 0.3) is 55.1 Å². The summed E-state index contributed by atoms with van der Waals surface area (Å²) in [4.78, 5) is 90.5. The van der Waals surface area contributed by atoms with Gasteiger partial charge in [-0.2, -0.15) is 25.5 Å². The molecule has 36 nitrogen and oxygen atoms in total. The van der Waals surface area contributed by atoms with Crippen molar-refractivity contribution in [2.75, 3.05) is 33.2 Å². The van der Waals surface area contributed by atoms with Gasteiger partial charge in [0, 0.05) is 162 Å². The number of halogens is 2. The maximum atomic E-state index is 12.7. The van der Waals surface area contributed by atoms with Crippen molar-refractivity contribution >= 4 is 143 Å². The lowest BCUT2D eigenvalue weighted by Crippen LogP contribution is -2.40. The lowest BCUT2D eigenvalue weighted by atomic mass is 10.0. The molecule has 0 radical (unpaired) electrons. The molecule has 2 unspecified atom stereocenters. The van der Waals surface area contributed by atoms with Crippen LogP contribution in [-0.4, -0.2) is 159 Å². The topological polar surface area (TPSA) is 505 Å². The highest BCUT2D eigenvalue weighted by atomic mass is 35.5. The van der Waals surface area contributed by atoms with E-state index < -0.39 is 27.8 Å². The van der Waals surface area contributed by atoms with Gasteiger partial charge in [-0.25, -0.2) is 72.9 Å². The maximum Gasteiger partial charge on any atom is 0.302 e. The van der Waals surface area contributed by atoms with Crippen molar-refractivity contribution in [3.8, 4) is 55.1 Å². The van der Waals surface area contributed by atoms with Crippen molar-refractivity contribution in [3.63, 3.8) is 0 Å².